The number of amides is 1. The van der Waals surface area contributed by atoms with Crippen molar-refractivity contribution in [2.24, 2.45) is 5.92 Å². The fraction of sp³-hybridized carbons (Fsp3) is 0.800. The maximum absolute atomic E-state index is 11.4. The molecule has 0 aromatic carbocycles. The van der Waals surface area contributed by atoms with Crippen molar-refractivity contribution in [3.8, 4) is 0 Å². The van der Waals surface area contributed by atoms with Gasteiger partial charge in [-0.2, -0.15) is 0 Å². The largest absolute Gasteiger partial charge is 0.481 e. The Labute approximate surface area is 88.8 Å². The third-order valence-electron chi connectivity index (χ3n) is 2.85. The molecule has 0 unspecified atom stereocenters. The maximum atomic E-state index is 11.4. The molecule has 1 saturated carbocycles. The molecule has 86 valence electrons. The molecule has 3 atom stereocenters. The molecule has 2 N–H and O–H groups in total. The number of rotatable bonds is 4. The Balaban J connectivity index is 2.36. The smallest absolute Gasteiger partial charge is 0.306 e. The average Bonchev–Trinajstić information content (AvgIpc) is 2.65. The Kier molecular flexibility index (Phi) is 4.08. The van der Waals surface area contributed by atoms with Crippen LogP contribution in [0, 0.1) is 5.92 Å². The second kappa shape index (κ2) is 5.11. The second-order valence-electron chi connectivity index (χ2n) is 3.93. The summed E-state index contributed by atoms with van der Waals surface area (Å²) in [7, 11) is 1.47. The highest BCUT2D eigenvalue weighted by Crippen LogP contribution is 2.25. The maximum Gasteiger partial charge on any atom is 0.306 e. The van der Waals surface area contributed by atoms with Crippen LogP contribution in [0.2, 0.25) is 0 Å². The zero-order chi connectivity index (χ0) is 11.4. The number of carboxylic acid groups (broad SMARTS) is 1. The monoisotopic (exact) mass is 215 g/mol. The van der Waals surface area contributed by atoms with Gasteiger partial charge in [0.2, 0.25) is 5.91 Å². The average molecular weight is 215 g/mol. The van der Waals surface area contributed by atoms with E-state index in [1.165, 1.54) is 7.11 Å². The Morgan fingerprint density at radius 3 is 2.60 bits per heavy atom. The minimum atomic E-state index is -0.772. The number of hydrogen-bond donors (Lipinski definition) is 2. The van der Waals surface area contributed by atoms with Crippen molar-refractivity contribution < 1.29 is 19.4 Å². The number of carbonyl (C=O) groups is 2. The number of ether oxygens (including phenoxy) is 1. The van der Waals surface area contributed by atoms with E-state index in [0.717, 1.165) is 6.42 Å². The highest BCUT2D eigenvalue weighted by Gasteiger charge is 2.31. The fourth-order valence-corrected chi connectivity index (χ4v) is 1.76. The summed E-state index contributed by atoms with van der Waals surface area (Å²) in [6, 6.07) is -0.0174. The molecule has 1 aliphatic carbocycles. The molecule has 5 heteroatoms. The van der Waals surface area contributed by atoms with E-state index in [0.29, 0.717) is 12.8 Å². The van der Waals surface area contributed by atoms with Gasteiger partial charge >= 0.3 is 5.97 Å². The van der Waals surface area contributed by atoms with Gasteiger partial charge in [0.05, 0.1) is 5.92 Å². The van der Waals surface area contributed by atoms with Gasteiger partial charge in [0.15, 0.2) is 0 Å². The van der Waals surface area contributed by atoms with Crippen molar-refractivity contribution in [1.82, 2.24) is 5.32 Å². The van der Waals surface area contributed by atoms with Crippen LogP contribution in [0.5, 0.6) is 0 Å². The summed E-state index contributed by atoms with van der Waals surface area (Å²) in [4.78, 5) is 22.1. The molecule has 0 bridgehead atoms. The first-order chi connectivity index (χ1) is 7.04. The van der Waals surface area contributed by atoms with Crippen molar-refractivity contribution in [3.63, 3.8) is 0 Å². The van der Waals surface area contributed by atoms with E-state index in [1.54, 1.807) is 6.92 Å². The summed E-state index contributed by atoms with van der Waals surface area (Å²) in [5, 5.41) is 11.6. The molecule has 0 aliphatic heterocycles. The molecule has 1 rings (SSSR count). The summed E-state index contributed by atoms with van der Waals surface area (Å²) in [6.45, 7) is 1.67. The first-order valence-corrected chi connectivity index (χ1v) is 5.10. The lowest BCUT2D eigenvalue weighted by Crippen LogP contribution is -2.40. The number of carboxylic acids is 1. The van der Waals surface area contributed by atoms with Crippen molar-refractivity contribution >= 4 is 11.9 Å². The molecule has 1 aliphatic rings. The van der Waals surface area contributed by atoms with Crippen LogP contribution in [0.1, 0.15) is 26.2 Å². The van der Waals surface area contributed by atoms with Gasteiger partial charge in [-0.05, 0) is 26.2 Å². The Hall–Kier alpha value is -1.10. The first kappa shape index (κ1) is 12.0. The highest BCUT2D eigenvalue weighted by molar-refractivity contribution is 5.80. The number of nitrogens with one attached hydrogen (secondary N) is 1. The normalized spacial score (nSPS) is 27.3. The van der Waals surface area contributed by atoms with Crippen LogP contribution in [0.3, 0.4) is 0 Å². The van der Waals surface area contributed by atoms with Crippen LogP contribution in [-0.4, -0.2) is 36.2 Å². The molecule has 15 heavy (non-hydrogen) atoms. The highest BCUT2D eigenvalue weighted by atomic mass is 16.5. The van der Waals surface area contributed by atoms with Gasteiger partial charge in [-0.15, -0.1) is 0 Å². The Morgan fingerprint density at radius 2 is 2.13 bits per heavy atom. The molecule has 0 aromatic heterocycles. The van der Waals surface area contributed by atoms with Crippen LogP contribution in [-0.2, 0) is 14.3 Å². The van der Waals surface area contributed by atoms with E-state index >= 15 is 0 Å². The van der Waals surface area contributed by atoms with Crippen LogP contribution >= 0.6 is 0 Å². The van der Waals surface area contributed by atoms with Gasteiger partial charge in [0, 0.05) is 13.2 Å². The van der Waals surface area contributed by atoms with Crippen LogP contribution in [0.25, 0.3) is 0 Å². The topological polar surface area (TPSA) is 75.6 Å². The molecule has 0 saturated heterocycles. The van der Waals surface area contributed by atoms with Gasteiger partial charge in [-0.25, -0.2) is 0 Å². The minimum absolute atomic E-state index is 0.0174. The van der Waals surface area contributed by atoms with Gasteiger partial charge < -0.3 is 15.2 Å². The van der Waals surface area contributed by atoms with Crippen LogP contribution in [0.15, 0.2) is 0 Å². The van der Waals surface area contributed by atoms with E-state index in [1.807, 2.05) is 0 Å². The van der Waals surface area contributed by atoms with Crippen LogP contribution < -0.4 is 5.32 Å². The summed E-state index contributed by atoms with van der Waals surface area (Å²) in [6.07, 6.45) is 1.42. The van der Waals surface area contributed by atoms with E-state index in [4.69, 9.17) is 9.84 Å². The molecule has 5 nitrogen and oxygen atoms in total. The first-order valence-electron chi connectivity index (χ1n) is 5.10. The zero-order valence-corrected chi connectivity index (χ0v) is 9.03. The Bertz CT molecular complexity index is 254. The van der Waals surface area contributed by atoms with Crippen molar-refractivity contribution in [2.75, 3.05) is 7.11 Å². The Morgan fingerprint density at radius 1 is 1.47 bits per heavy atom. The molecular weight excluding hydrogens is 198 g/mol. The molecule has 0 aromatic rings. The molecular formula is C10H17NO4. The van der Waals surface area contributed by atoms with Crippen LogP contribution in [0.4, 0.5) is 0 Å². The number of hydrogen-bond acceptors (Lipinski definition) is 3. The fourth-order valence-electron chi connectivity index (χ4n) is 1.76. The number of carbonyl (C=O) groups excluding carboxylic acids is 1. The minimum Gasteiger partial charge on any atom is -0.481 e. The molecule has 0 spiro atoms. The van der Waals surface area contributed by atoms with E-state index in [-0.39, 0.29) is 17.9 Å². The van der Waals surface area contributed by atoms with Crippen molar-refractivity contribution in [1.29, 1.82) is 0 Å². The van der Waals surface area contributed by atoms with Crippen molar-refractivity contribution in [3.05, 3.63) is 0 Å². The van der Waals surface area contributed by atoms with E-state index < -0.39 is 12.1 Å². The SMILES string of the molecule is CO[C@@H](C)C(=O)N[C@H]1CC[C@@H](C(=O)O)C1. The standard InChI is InChI=1S/C10H17NO4/c1-6(15-2)9(12)11-8-4-3-7(5-8)10(13)14/h6-8H,3-5H2,1-2H3,(H,11,12)(H,13,14)/t6-,7+,8-/m0/s1. The van der Waals surface area contributed by atoms with Gasteiger partial charge in [-0.3, -0.25) is 9.59 Å². The predicted molar refractivity (Wildman–Crippen MR) is 53.4 cm³/mol. The third kappa shape index (κ3) is 3.20. The summed E-state index contributed by atoms with van der Waals surface area (Å²) in [5.41, 5.74) is 0. The van der Waals surface area contributed by atoms with Gasteiger partial charge in [-0.1, -0.05) is 0 Å². The molecule has 1 fully saturated rings. The van der Waals surface area contributed by atoms with Crippen molar-refractivity contribution in [2.45, 2.75) is 38.3 Å². The summed E-state index contributed by atoms with van der Waals surface area (Å²) >= 11 is 0. The van der Waals surface area contributed by atoms with Gasteiger partial charge in [0.1, 0.15) is 6.10 Å². The quantitative estimate of drug-likeness (QED) is 0.711. The lowest BCUT2D eigenvalue weighted by atomic mass is 10.1. The molecule has 0 heterocycles. The lowest BCUT2D eigenvalue weighted by molar-refractivity contribution is -0.141. The van der Waals surface area contributed by atoms with E-state index in [9.17, 15) is 9.59 Å². The van der Waals surface area contributed by atoms with Gasteiger partial charge in [0.25, 0.3) is 0 Å². The predicted octanol–water partition coefficient (Wildman–Crippen LogP) is 0.391. The molecule has 0 radical (unpaired) electrons. The number of methoxy groups -OCH3 is 1. The third-order valence-corrected chi connectivity index (χ3v) is 2.85. The summed E-state index contributed by atoms with van der Waals surface area (Å²) in [5.74, 6) is -1.26. The second-order valence-corrected chi connectivity index (χ2v) is 3.93. The summed E-state index contributed by atoms with van der Waals surface area (Å²) < 4.78 is 4.87. The lowest BCUT2D eigenvalue weighted by Gasteiger charge is -2.15. The number of aliphatic carboxylic acids is 1. The van der Waals surface area contributed by atoms with E-state index in [2.05, 4.69) is 5.32 Å². The zero-order valence-electron chi connectivity index (χ0n) is 9.03. The molecule has 1 amide bonds.